The van der Waals surface area contributed by atoms with E-state index in [4.69, 9.17) is 21.7 Å². The highest BCUT2D eigenvalue weighted by molar-refractivity contribution is 7.46. The number of rotatable bonds is 10. The highest BCUT2D eigenvalue weighted by atomic mass is 31.2. The Morgan fingerprint density at radius 2 is 1.97 bits per heavy atom. The van der Waals surface area contributed by atoms with E-state index in [1.54, 1.807) is 13.0 Å². The lowest BCUT2D eigenvalue weighted by Gasteiger charge is -2.17. The van der Waals surface area contributed by atoms with Crippen LogP contribution in [0, 0.1) is 19.3 Å². The molecule has 0 aliphatic carbocycles. The zero-order valence-corrected chi connectivity index (χ0v) is 21.7. The van der Waals surface area contributed by atoms with Gasteiger partial charge >= 0.3 is 7.82 Å². The fourth-order valence-electron chi connectivity index (χ4n) is 4.56. The third kappa shape index (κ3) is 5.83. The molecular weight excluding hydrogens is 491 g/mol. The second kappa shape index (κ2) is 10.7. The summed E-state index contributed by atoms with van der Waals surface area (Å²) < 4.78 is 18.8. The van der Waals surface area contributed by atoms with Crippen molar-refractivity contribution < 1.29 is 23.7 Å². The summed E-state index contributed by atoms with van der Waals surface area (Å²) in [5.41, 5.74) is 10.5. The van der Waals surface area contributed by atoms with Crippen LogP contribution in [0.15, 0.2) is 36.4 Å². The molecular formula is C27H29N4O5P. The van der Waals surface area contributed by atoms with Gasteiger partial charge in [0.05, 0.1) is 11.0 Å². The number of nitrogens with two attached hydrogens (primary N) is 1. The molecule has 0 amide bonds. The van der Waals surface area contributed by atoms with E-state index < -0.39 is 13.6 Å². The molecule has 0 fully saturated rings. The number of terminal acetylenes is 1. The highest BCUT2D eigenvalue weighted by Crippen LogP contribution is 2.42. The van der Waals surface area contributed by atoms with Crippen molar-refractivity contribution in [3.05, 3.63) is 58.9 Å². The third-order valence-corrected chi connectivity index (χ3v) is 6.61. The molecule has 0 aliphatic heterocycles. The van der Waals surface area contributed by atoms with Crippen LogP contribution in [-0.2, 0) is 28.7 Å². The maximum absolute atomic E-state index is 11.8. The number of imidazole rings is 1. The van der Waals surface area contributed by atoms with Crippen molar-refractivity contribution in [2.45, 2.75) is 52.5 Å². The largest absolute Gasteiger partial charge is 0.524 e. The fourth-order valence-corrected chi connectivity index (χ4v) is 5.06. The molecule has 192 valence electrons. The molecule has 9 nitrogen and oxygen atoms in total. The number of anilines is 1. The van der Waals surface area contributed by atoms with Gasteiger partial charge in [-0.2, -0.15) is 0 Å². The summed E-state index contributed by atoms with van der Waals surface area (Å²) in [4.78, 5) is 40.1. The number of aryl methyl sites for hydroxylation is 3. The van der Waals surface area contributed by atoms with Gasteiger partial charge in [0.15, 0.2) is 5.82 Å². The number of nitrogen functional groups attached to an aromatic ring is 1. The van der Waals surface area contributed by atoms with Gasteiger partial charge in [-0.15, -0.1) is 6.42 Å². The lowest BCUT2D eigenvalue weighted by molar-refractivity contribution is -0.113. The van der Waals surface area contributed by atoms with Crippen molar-refractivity contribution in [2.75, 3.05) is 5.73 Å². The van der Waals surface area contributed by atoms with E-state index >= 15 is 0 Å². The van der Waals surface area contributed by atoms with Crippen molar-refractivity contribution in [1.82, 2.24) is 14.5 Å². The predicted octanol–water partition coefficient (Wildman–Crippen LogP) is 4.47. The molecule has 0 saturated carbocycles. The quantitative estimate of drug-likeness (QED) is 0.158. The summed E-state index contributed by atoms with van der Waals surface area (Å²) in [6.07, 6.45) is 8.12. The van der Waals surface area contributed by atoms with Gasteiger partial charge in [-0.25, -0.2) is 14.5 Å². The molecule has 4 N–H and O–H groups in total. The van der Waals surface area contributed by atoms with Gasteiger partial charge < -0.3 is 14.8 Å². The Morgan fingerprint density at radius 3 is 2.68 bits per heavy atom. The number of benzene rings is 2. The maximum Gasteiger partial charge on any atom is 0.524 e. The fraction of sp³-hybridized carbons (Fsp3) is 0.296. The Balaban J connectivity index is 1.87. The summed E-state index contributed by atoms with van der Waals surface area (Å²) in [5, 5.41) is 0.931. The van der Waals surface area contributed by atoms with Gasteiger partial charge in [-0.3, -0.25) is 14.6 Å². The summed E-state index contributed by atoms with van der Waals surface area (Å²) in [6, 6.07) is 11.4. The Bertz CT molecular complexity index is 1580. The molecule has 4 aromatic rings. The van der Waals surface area contributed by atoms with Crippen LogP contribution in [0.1, 0.15) is 48.7 Å². The standard InChI is InChI=1S/C27H29N4O5P/c1-4-6-11-23-30-24-25(21-9-7-8-10-22(21)29-27(24)28)31(23)16-18-14-17(3)26(36-37(33,34)35)19(15-18)12-13-20(32)5-2/h2,7-10,14-15H,4,6,11-13,16H2,1,3H3,(H2,28,29)(H2,33,34,35). The first-order valence-corrected chi connectivity index (χ1v) is 13.5. The number of unbranched alkanes of at least 4 members (excludes halogenated alkanes) is 1. The van der Waals surface area contributed by atoms with E-state index in [2.05, 4.69) is 22.4 Å². The summed E-state index contributed by atoms with van der Waals surface area (Å²) >= 11 is 0. The first kappa shape index (κ1) is 26.4. The van der Waals surface area contributed by atoms with Crippen molar-refractivity contribution in [3.63, 3.8) is 0 Å². The van der Waals surface area contributed by atoms with E-state index in [-0.39, 0.29) is 18.6 Å². The minimum absolute atomic E-state index is 0.0273. The third-order valence-electron chi connectivity index (χ3n) is 6.19. The normalized spacial score (nSPS) is 11.6. The minimum atomic E-state index is -4.81. The molecule has 0 atom stereocenters. The molecule has 10 heteroatoms. The Labute approximate surface area is 214 Å². The van der Waals surface area contributed by atoms with Gasteiger partial charge in [0.2, 0.25) is 5.78 Å². The molecule has 37 heavy (non-hydrogen) atoms. The van der Waals surface area contributed by atoms with Crippen LogP contribution in [0.25, 0.3) is 21.9 Å². The van der Waals surface area contributed by atoms with E-state index in [1.165, 1.54) is 0 Å². The number of hydrogen-bond donors (Lipinski definition) is 3. The van der Waals surface area contributed by atoms with E-state index in [0.717, 1.165) is 47.1 Å². The molecule has 0 radical (unpaired) electrons. The highest BCUT2D eigenvalue weighted by Gasteiger charge is 2.22. The van der Waals surface area contributed by atoms with Crippen LogP contribution in [0.4, 0.5) is 5.82 Å². The Kier molecular flexibility index (Phi) is 7.65. The lowest BCUT2D eigenvalue weighted by atomic mass is 10.00. The number of phosphoric ester groups is 1. The molecule has 2 heterocycles. The average Bonchev–Trinajstić information content (AvgIpc) is 3.21. The molecule has 0 bridgehead atoms. The molecule has 0 spiro atoms. The number of fused-ring (bicyclic) bond motifs is 3. The van der Waals surface area contributed by atoms with E-state index in [1.807, 2.05) is 30.3 Å². The van der Waals surface area contributed by atoms with Crippen molar-refractivity contribution >= 4 is 41.4 Å². The summed E-state index contributed by atoms with van der Waals surface area (Å²) in [5.74, 6) is 2.97. The van der Waals surface area contributed by atoms with Gasteiger partial charge in [-0.05, 0) is 48.4 Å². The lowest BCUT2D eigenvalue weighted by Crippen LogP contribution is -2.08. The number of nitrogens with zero attached hydrogens (tertiary/aromatic N) is 3. The SMILES string of the molecule is C#CC(=O)CCc1cc(Cn2c(CCCC)nc3c(N)nc4ccccc4c32)cc(C)c1OP(=O)(O)O. The van der Waals surface area contributed by atoms with Crippen LogP contribution in [0.5, 0.6) is 5.75 Å². The number of carbonyl (C=O) groups excluding carboxylic acids is 1. The maximum atomic E-state index is 11.8. The number of para-hydroxylation sites is 1. The molecule has 2 aromatic heterocycles. The second-order valence-electron chi connectivity index (χ2n) is 8.98. The second-order valence-corrected chi connectivity index (χ2v) is 10.1. The first-order valence-electron chi connectivity index (χ1n) is 12.0. The van der Waals surface area contributed by atoms with Crippen LogP contribution < -0.4 is 10.3 Å². The number of pyridine rings is 1. The van der Waals surface area contributed by atoms with Crippen LogP contribution in [0.3, 0.4) is 0 Å². The minimum Gasteiger partial charge on any atom is -0.404 e. The number of ketones is 1. The van der Waals surface area contributed by atoms with Crippen molar-refractivity contribution in [1.29, 1.82) is 0 Å². The van der Waals surface area contributed by atoms with Gasteiger partial charge in [0, 0.05) is 24.8 Å². The topological polar surface area (TPSA) is 141 Å². The van der Waals surface area contributed by atoms with Crippen LogP contribution in [0.2, 0.25) is 0 Å². The molecule has 0 unspecified atom stereocenters. The number of aromatic nitrogens is 3. The number of carbonyl (C=O) groups is 1. The zero-order chi connectivity index (χ0) is 26.7. The first-order chi connectivity index (χ1) is 17.6. The zero-order valence-electron chi connectivity index (χ0n) is 20.8. The summed E-state index contributed by atoms with van der Waals surface area (Å²) in [6.45, 7) is 4.25. The van der Waals surface area contributed by atoms with Crippen molar-refractivity contribution in [2.24, 2.45) is 0 Å². The molecule has 2 aromatic carbocycles. The van der Waals surface area contributed by atoms with E-state index in [9.17, 15) is 19.1 Å². The van der Waals surface area contributed by atoms with Gasteiger partial charge in [0.1, 0.15) is 17.1 Å². The van der Waals surface area contributed by atoms with Gasteiger partial charge in [0.25, 0.3) is 0 Å². The number of hydrogen-bond acceptors (Lipinski definition) is 6. The van der Waals surface area contributed by atoms with Crippen LogP contribution >= 0.6 is 7.82 Å². The molecule has 4 rings (SSSR count). The summed E-state index contributed by atoms with van der Waals surface area (Å²) in [7, 11) is -4.81. The van der Waals surface area contributed by atoms with E-state index in [0.29, 0.717) is 29.0 Å². The smallest absolute Gasteiger partial charge is 0.404 e. The Hall–Kier alpha value is -3.70. The monoisotopic (exact) mass is 520 g/mol. The van der Waals surface area contributed by atoms with Crippen LogP contribution in [-0.4, -0.2) is 30.1 Å². The molecule has 0 aliphatic rings. The average molecular weight is 521 g/mol. The van der Waals surface area contributed by atoms with Gasteiger partial charge in [-0.1, -0.05) is 43.7 Å². The number of Topliss-reactive ketones (excluding diaryl/α,β-unsaturated/α-hetero) is 1. The number of phosphoric acid groups is 1. The van der Waals surface area contributed by atoms with Crippen molar-refractivity contribution in [3.8, 4) is 18.1 Å². The molecule has 0 saturated heterocycles. The Morgan fingerprint density at radius 1 is 1.22 bits per heavy atom. The predicted molar refractivity (Wildman–Crippen MR) is 143 cm³/mol.